The van der Waals surface area contributed by atoms with Crippen molar-refractivity contribution < 1.29 is 5.11 Å². The van der Waals surface area contributed by atoms with Gasteiger partial charge in [-0.2, -0.15) is 0 Å². The van der Waals surface area contributed by atoms with Gasteiger partial charge in [-0.1, -0.05) is 30.3 Å². The fraction of sp³-hybridized carbons (Fsp3) is 0.400. The molecule has 1 aromatic carbocycles. The van der Waals surface area contributed by atoms with E-state index in [1.807, 2.05) is 30.3 Å². The highest BCUT2D eigenvalue weighted by Crippen LogP contribution is 2.03. The second kappa shape index (κ2) is 4.24. The molecule has 0 saturated heterocycles. The highest BCUT2D eigenvalue weighted by molar-refractivity contribution is 5.15. The lowest BCUT2D eigenvalue weighted by Gasteiger charge is -2.13. The van der Waals surface area contributed by atoms with E-state index in [2.05, 4.69) is 0 Å². The summed E-state index contributed by atoms with van der Waals surface area (Å²) < 4.78 is 0. The van der Waals surface area contributed by atoms with Gasteiger partial charge in [-0.3, -0.25) is 0 Å². The van der Waals surface area contributed by atoms with Crippen LogP contribution in [0.25, 0.3) is 0 Å². The molecule has 66 valence electrons. The SMILES string of the molecule is C[C@H](O)[C@@H](N)Cc1ccccc1. The highest BCUT2D eigenvalue weighted by atomic mass is 16.3. The van der Waals surface area contributed by atoms with E-state index < -0.39 is 6.10 Å². The summed E-state index contributed by atoms with van der Waals surface area (Å²) in [5, 5.41) is 9.16. The molecule has 1 rings (SSSR count). The van der Waals surface area contributed by atoms with E-state index in [-0.39, 0.29) is 6.04 Å². The second-order valence-corrected chi connectivity index (χ2v) is 3.09. The summed E-state index contributed by atoms with van der Waals surface area (Å²) in [7, 11) is 0. The van der Waals surface area contributed by atoms with Crippen LogP contribution in [-0.4, -0.2) is 17.3 Å². The first-order chi connectivity index (χ1) is 5.70. The first kappa shape index (κ1) is 9.23. The zero-order chi connectivity index (χ0) is 8.97. The molecule has 0 amide bonds. The molecule has 0 unspecified atom stereocenters. The molecule has 0 fully saturated rings. The quantitative estimate of drug-likeness (QED) is 0.700. The lowest BCUT2D eigenvalue weighted by atomic mass is 10.0. The maximum Gasteiger partial charge on any atom is 0.0666 e. The molecule has 0 bridgehead atoms. The van der Waals surface area contributed by atoms with E-state index in [0.29, 0.717) is 0 Å². The third kappa shape index (κ3) is 2.64. The summed E-state index contributed by atoms with van der Waals surface area (Å²) in [6, 6.07) is 9.79. The van der Waals surface area contributed by atoms with Gasteiger partial charge in [-0.15, -0.1) is 0 Å². The van der Waals surface area contributed by atoms with Crippen molar-refractivity contribution in [2.75, 3.05) is 0 Å². The van der Waals surface area contributed by atoms with Crippen LogP contribution in [0.15, 0.2) is 30.3 Å². The summed E-state index contributed by atoms with van der Waals surface area (Å²) in [6.45, 7) is 1.72. The lowest BCUT2D eigenvalue weighted by molar-refractivity contribution is 0.163. The van der Waals surface area contributed by atoms with Gasteiger partial charge < -0.3 is 10.8 Å². The Morgan fingerprint density at radius 2 is 1.92 bits per heavy atom. The molecule has 0 heterocycles. The highest BCUT2D eigenvalue weighted by Gasteiger charge is 2.08. The number of aliphatic hydroxyl groups is 1. The van der Waals surface area contributed by atoms with Crippen LogP contribution in [0.3, 0.4) is 0 Å². The van der Waals surface area contributed by atoms with Crippen molar-refractivity contribution in [3.8, 4) is 0 Å². The van der Waals surface area contributed by atoms with Crippen molar-refractivity contribution >= 4 is 0 Å². The van der Waals surface area contributed by atoms with E-state index in [9.17, 15) is 0 Å². The standard InChI is InChI=1S/C10H15NO/c1-8(12)10(11)7-9-5-3-2-4-6-9/h2-6,8,10,12H,7,11H2,1H3/t8-,10-/m0/s1. The molecule has 2 nitrogen and oxygen atoms in total. The molecule has 0 spiro atoms. The zero-order valence-electron chi connectivity index (χ0n) is 7.27. The number of hydrogen-bond acceptors (Lipinski definition) is 2. The summed E-state index contributed by atoms with van der Waals surface area (Å²) in [4.78, 5) is 0. The predicted octanol–water partition coefficient (Wildman–Crippen LogP) is 0.937. The van der Waals surface area contributed by atoms with Crippen LogP contribution in [0.5, 0.6) is 0 Å². The maximum atomic E-state index is 9.16. The van der Waals surface area contributed by atoms with E-state index in [4.69, 9.17) is 10.8 Å². The predicted molar refractivity (Wildman–Crippen MR) is 49.8 cm³/mol. The molecular formula is C10H15NO. The van der Waals surface area contributed by atoms with Gasteiger partial charge in [0.05, 0.1) is 6.10 Å². The van der Waals surface area contributed by atoms with Crippen molar-refractivity contribution in [1.82, 2.24) is 0 Å². The van der Waals surface area contributed by atoms with Crippen LogP contribution < -0.4 is 5.73 Å². The molecule has 2 heteroatoms. The number of hydrogen-bond donors (Lipinski definition) is 2. The Morgan fingerprint density at radius 3 is 2.42 bits per heavy atom. The van der Waals surface area contributed by atoms with Crippen LogP contribution in [0.4, 0.5) is 0 Å². The smallest absolute Gasteiger partial charge is 0.0666 e. The molecule has 0 aliphatic carbocycles. The first-order valence-corrected chi connectivity index (χ1v) is 4.17. The Bertz CT molecular complexity index is 221. The van der Waals surface area contributed by atoms with E-state index >= 15 is 0 Å². The van der Waals surface area contributed by atoms with Gasteiger partial charge in [-0.25, -0.2) is 0 Å². The molecule has 3 N–H and O–H groups in total. The molecule has 0 aliphatic heterocycles. The topological polar surface area (TPSA) is 46.2 Å². The first-order valence-electron chi connectivity index (χ1n) is 4.17. The van der Waals surface area contributed by atoms with E-state index in [1.165, 1.54) is 5.56 Å². The fourth-order valence-corrected chi connectivity index (χ4v) is 1.06. The van der Waals surface area contributed by atoms with Crippen molar-refractivity contribution in [3.63, 3.8) is 0 Å². The number of benzene rings is 1. The average Bonchev–Trinajstić information content (AvgIpc) is 2.06. The Labute approximate surface area is 73.0 Å². The third-order valence-electron chi connectivity index (χ3n) is 1.93. The lowest BCUT2D eigenvalue weighted by Crippen LogP contribution is -2.34. The summed E-state index contributed by atoms with van der Waals surface area (Å²) >= 11 is 0. The monoisotopic (exact) mass is 165 g/mol. The number of aliphatic hydroxyl groups excluding tert-OH is 1. The summed E-state index contributed by atoms with van der Waals surface area (Å²) in [5.41, 5.74) is 6.87. The van der Waals surface area contributed by atoms with Crippen molar-refractivity contribution in [2.45, 2.75) is 25.5 Å². The molecule has 1 aromatic rings. The Kier molecular flexibility index (Phi) is 3.26. The zero-order valence-corrected chi connectivity index (χ0v) is 7.27. The maximum absolute atomic E-state index is 9.16. The minimum atomic E-state index is -0.440. The molecule has 0 aromatic heterocycles. The van der Waals surface area contributed by atoms with Gasteiger partial charge in [-0.05, 0) is 18.9 Å². The van der Waals surface area contributed by atoms with Gasteiger partial charge in [0.1, 0.15) is 0 Å². The van der Waals surface area contributed by atoms with E-state index in [0.717, 1.165) is 6.42 Å². The minimum Gasteiger partial charge on any atom is -0.392 e. The summed E-state index contributed by atoms with van der Waals surface area (Å²) in [6.07, 6.45) is 0.295. The van der Waals surface area contributed by atoms with Gasteiger partial charge in [0.15, 0.2) is 0 Å². The average molecular weight is 165 g/mol. The van der Waals surface area contributed by atoms with Gasteiger partial charge in [0, 0.05) is 6.04 Å². The van der Waals surface area contributed by atoms with Crippen LogP contribution >= 0.6 is 0 Å². The Hall–Kier alpha value is -0.860. The number of nitrogens with two attached hydrogens (primary N) is 1. The van der Waals surface area contributed by atoms with Gasteiger partial charge in [0.25, 0.3) is 0 Å². The third-order valence-corrected chi connectivity index (χ3v) is 1.93. The Balaban J connectivity index is 2.53. The van der Waals surface area contributed by atoms with Crippen LogP contribution in [0, 0.1) is 0 Å². The van der Waals surface area contributed by atoms with Crippen molar-refractivity contribution in [1.29, 1.82) is 0 Å². The molecule has 0 aliphatic rings. The van der Waals surface area contributed by atoms with Crippen LogP contribution in [0.2, 0.25) is 0 Å². The van der Waals surface area contributed by atoms with Gasteiger partial charge in [0.2, 0.25) is 0 Å². The molecule has 0 saturated carbocycles. The number of rotatable bonds is 3. The van der Waals surface area contributed by atoms with Crippen LogP contribution in [-0.2, 0) is 6.42 Å². The molecule has 2 atom stereocenters. The molecule has 12 heavy (non-hydrogen) atoms. The van der Waals surface area contributed by atoms with Crippen molar-refractivity contribution in [3.05, 3.63) is 35.9 Å². The van der Waals surface area contributed by atoms with Gasteiger partial charge >= 0.3 is 0 Å². The molecular weight excluding hydrogens is 150 g/mol. The fourth-order valence-electron chi connectivity index (χ4n) is 1.06. The minimum absolute atomic E-state index is 0.160. The molecule has 0 radical (unpaired) electrons. The van der Waals surface area contributed by atoms with Crippen LogP contribution in [0.1, 0.15) is 12.5 Å². The second-order valence-electron chi connectivity index (χ2n) is 3.09. The van der Waals surface area contributed by atoms with E-state index in [1.54, 1.807) is 6.92 Å². The van der Waals surface area contributed by atoms with Crippen molar-refractivity contribution in [2.24, 2.45) is 5.73 Å². The largest absolute Gasteiger partial charge is 0.392 e. The summed E-state index contributed by atoms with van der Waals surface area (Å²) in [5.74, 6) is 0. The normalized spacial score (nSPS) is 15.6. The Morgan fingerprint density at radius 1 is 1.33 bits per heavy atom.